The Morgan fingerprint density at radius 1 is 1.24 bits per heavy atom. The number of esters is 1. The van der Waals surface area contributed by atoms with E-state index in [1.165, 1.54) is 24.5 Å². The van der Waals surface area contributed by atoms with Crippen LogP contribution in [0.3, 0.4) is 0 Å². The monoisotopic (exact) mass is 612 g/mol. The van der Waals surface area contributed by atoms with Crippen molar-refractivity contribution in [2.45, 2.75) is 43.9 Å². The molecule has 0 aliphatic carbocycles. The molecule has 16 heteroatoms. The molecule has 0 unspecified atom stereocenters. The number of anilines is 3. The highest BCUT2D eigenvalue weighted by molar-refractivity contribution is 7.74. The van der Waals surface area contributed by atoms with Crippen molar-refractivity contribution in [3.05, 3.63) is 41.7 Å². The van der Waals surface area contributed by atoms with Crippen LogP contribution in [0.25, 0.3) is 10.8 Å². The van der Waals surface area contributed by atoms with Crippen LogP contribution >= 0.6 is 11.3 Å². The highest BCUT2D eigenvalue weighted by Crippen LogP contribution is 2.38. The molecule has 220 valence electrons. The summed E-state index contributed by atoms with van der Waals surface area (Å²) in [5, 5.41) is 1.37. The van der Waals surface area contributed by atoms with Crippen LogP contribution in [0.2, 0.25) is 0 Å². The SMILES string of the molecule is COC(=O)[C@@H](Cc1cc2ccnc(N)c2cc1C(F)(F)F)N1CC[C@H](N(c2cnc(N3CCCC3)s2)[SH](=O)=O)C1=O. The number of methoxy groups -OCH3 is 1. The van der Waals surface area contributed by atoms with E-state index in [0.29, 0.717) is 10.5 Å². The molecular formula is C25H27F3N6O5S2. The van der Waals surface area contributed by atoms with Crippen LogP contribution in [0, 0.1) is 0 Å². The lowest BCUT2D eigenvalue weighted by Gasteiger charge is -2.28. The molecule has 2 atom stereocenters. The highest BCUT2D eigenvalue weighted by atomic mass is 32.2. The van der Waals surface area contributed by atoms with Crippen molar-refractivity contribution in [3.8, 4) is 0 Å². The summed E-state index contributed by atoms with van der Waals surface area (Å²) in [5.41, 5.74) is 4.53. The van der Waals surface area contributed by atoms with Crippen LogP contribution in [-0.4, -0.2) is 74.0 Å². The standard InChI is InChI=1S/C25H27F3N6O5S2/c1-39-23(36)19(11-15-10-14-4-6-30-21(29)16(14)12-17(15)25(26,27)28)33-9-5-18(22(33)35)34(41(37)38)20-13-31-24(40-20)32-7-2-3-8-32/h4,6,10,12-13,18-19,41H,2-3,5,7-9,11H2,1H3,(H2,29,30)/t18-,19+/m0/s1. The van der Waals surface area contributed by atoms with Crippen molar-refractivity contribution in [1.29, 1.82) is 0 Å². The number of nitrogens with zero attached hydrogens (tertiary/aromatic N) is 5. The van der Waals surface area contributed by atoms with Gasteiger partial charge in [-0.15, -0.1) is 0 Å². The lowest BCUT2D eigenvalue weighted by molar-refractivity contribution is -0.151. The number of amides is 1. The Morgan fingerprint density at radius 3 is 2.63 bits per heavy atom. The second-order valence-electron chi connectivity index (χ2n) is 9.76. The molecule has 2 aliphatic rings. The van der Waals surface area contributed by atoms with Crippen LogP contribution < -0.4 is 14.9 Å². The number of fused-ring (bicyclic) bond motifs is 1. The summed E-state index contributed by atoms with van der Waals surface area (Å²) in [6, 6.07) is 1.03. The largest absolute Gasteiger partial charge is 0.467 e. The number of nitrogens with two attached hydrogens (primary N) is 1. The van der Waals surface area contributed by atoms with Gasteiger partial charge >= 0.3 is 12.1 Å². The first kappa shape index (κ1) is 28.9. The number of hydrogen-bond acceptors (Lipinski definition) is 10. The lowest BCUT2D eigenvalue weighted by Crippen LogP contribution is -2.48. The number of likely N-dealkylation sites (tertiary alicyclic amines) is 1. The number of hydrogen-bond donors (Lipinski definition) is 2. The Hall–Kier alpha value is -3.66. The first-order valence-corrected chi connectivity index (χ1v) is 14.7. The van der Waals surface area contributed by atoms with Gasteiger partial charge in [0.05, 0.1) is 18.9 Å². The predicted molar refractivity (Wildman–Crippen MR) is 147 cm³/mol. The molecule has 2 fully saturated rings. The first-order valence-electron chi connectivity index (χ1n) is 12.8. The molecule has 41 heavy (non-hydrogen) atoms. The van der Waals surface area contributed by atoms with Gasteiger partial charge in [0.1, 0.15) is 22.9 Å². The van der Waals surface area contributed by atoms with E-state index in [0.717, 1.165) is 59.6 Å². The Balaban J connectivity index is 1.46. The lowest BCUT2D eigenvalue weighted by atomic mass is 9.95. The minimum Gasteiger partial charge on any atom is -0.467 e. The summed E-state index contributed by atoms with van der Waals surface area (Å²) >= 11 is 1.14. The van der Waals surface area contributed by atoms with Crippen LogP contribution in [-0.2, 0) is 37.8 Å². The van der Waals surface area contributed by atoms with Crippen molar-refractivity contribution < 1.29 is 35.9 Å². The number of aromatic nitrogens is 2. The van der Waals surface area contributed by atoms with Crippen molar-refractivity contribution in [3.63, 3.8) is 0 Å². The summed E-state index contributed by atoms with van der Waals surface area (Å²) in [6.45, 7) is 1.53. The summed E-state index contributed by atoms with van der Waals surface area (Å²) in [4.78, 5) is 37.8. The van der Waals surface area contributed by atoms with E-state index in [9.17, 15) is 31.2 Å². The highest BCUT2D eigenvalue weighted by Gasteiger charge is 2.45. The zero-order valence-electron chi connectivity index (χ0n) is 21.8. The number of nitrogen functional groups attached to an aromatic ring is 1. The number of halogens is 3. The molecule has 0 saturated carbocycles. The summed E-state index contributed by atoms with van der Waals surface area (Å²) in [7, 11) is -2.20. The van der Waals surface area contributed by atoms with Gasteiger partial charge in [0.2, 0.25) is 16.8 Å². The second-order valence-corrected chi connectivity index (χ2v) is 11.7. The van der Waals surface area contributed by atoms with Gasteiger partial charge in [0.25, 0.3) is 0 Å². The number of thiazole rings is 1. The van der Waals surface area contributed by atoms with Crippen molar-refractivity contribution in [2.24, 2.45) is 0 Å². The fraction of sp³-hybridized carbons (Fsp3) is 0.440. The van der Waals surface area contributed by atoms with Gasteiger partial charge in [0, 0.05) is 37.6 Å². The first-order chi connectivity index (χ1) is 19.5. The van der Waals surface area contributed by atoms with Crippen molar-refractivity contribution in [1.82, 2.24) is 14.9 Å². The van der Waals surface area contributed by atoms with E-state index in [4.69, 9.17) is 10.5 Å². The van der Waals surface area contributed by atoms with Crippen LogP contribution in [0.4, 0.5) is 29.1 Å². The molecule has 2 N–H and O–H groups in total. The Kier molecular flexibility index (Phi) is 7.96. The van der Waals surface area contributed by atoms with Crippen molar-refractivity contribution in [2.75, 3.05) is 41.7 Å². The third-order valence-electron chi connectivity index (χ3n) is 7.35. The number of thiol groups is 1. The quantitative estimate of drug-likeness (QED) is 0.290. The van der Waals surface area contributed by atoms with E-state index in [2.05, 4.69) is 9.97 Å². The predicted octanol–water partition coefficient (Wildman–Crippen LogP) is 2.61. The van der Waals surface area contributed by atoms with E-state index < -0.39 is 53.0 Å². The van der Waals surface area contributed by atoms with E-state index in [1.807, 2.05) is 4.90 Å². The molecule has 1 aromatic carbocycles. The van der Waals surface area contributed by atoms with Gasteiger partial charge in [-0.05, 0) is 42.3 Å². The molecule has 2 aromatic heterocycles. The van der Waals surface area contributed by atoms with Crippen molar-refractivity contribution >= 4 is 60.8 Å². The summed E-state index contributed by atoms with van der Waals surface area (Å²) in [6.07, 6.45) is -0.536. The number of alkyl halides is 3. The maximum absolute atomic E-state index is 14.1. The second kappa shape index (κ2) is 11.3. The minimum atomic E-state index is -4.79. The number of rotatable bonds is 8. The Morgan fingerprint density at radius 2 is 1.98 bits per heavy atom. The fourth-order valence-electron chi connectivity index (χ4n) is 5.38. The van der Waals surface area contributed by atoms with E-state index in [-0.39, 0.29) is 34.7 Å². The number of carbonyl (C=O) groups is 2. The number of ether oxygens (including phenoxy) is 1. The van der Waals surface area contributed by atoms with Gasteiger partial charge in [-0.3, -0.25) is 4.79 Å². The number of carbonyl (C=O) groups excluding carboxylic acids is 2. The van der Waals surface area contributed by atoms with Gasteiger partial charge in [-0.2, -0.15) is 13.2 Å². The maximum Gasteiger partial charge on any atom is 0.416 e. The molecule has 3 aromatic rings. The molecule has 1 amide bonds. The molecule has 4 heterocycles. The van der Waals surface area contributed by atoms with Gasteiger partial charge in [-0.25, -0.2) is 27.5 Å². The summed E-state index contributed by atoms with van der Waals surface area (Å²) in [5.74, 6) is -1.71. The zero-order valence-corrected chi connectivity index (χ0v) is 23.5. The maximum atomic E-state index is 14.1. The van der Waals surface area contributed by atoms with E-state index in [1.54, 1.807) is 0 Å². The van der Waals surface area contributed by atoms with Crippen LogP contribution in [0.1, 0.15) is 30.4 Å². The molecule has 2 aliphatic heterocycles. The Bertz CT molecular complexity index is 1550. The normalized spacial score (nSPS) is 18.5. The number of benzene rings is 1. The van der Waals surface area contributed by atoms with Gasteiger partial charge in [-0.1, -0.05) is 17.4 Å². The average molecular weight is 613 g/mol. The molecule has 11 nitrogen and oxygen atoms in total. The smallest absolute Gasteiger partial charge is 0.416 e. The number of pyridine rings is 1. The molecular weight excluding hydrogens is 585 g/mol. The average Bonchev–Trinajstić information content (AvgIpc) is 3.69. The molecule has 0 radical (unpaired) electrons. The molecule has 0 spiro atoms. The molecule has 2 saturated heterocycles. The van der Waals surface area contributed by atoms with Gasteiger partial charge in [0.15, 0.2) is 5.13 Å². The minimum absolute atomic E-state index is 0.0264. The Labute approximate surface area is 238 Å². The third kappa shape index (κ3) is 5.62. The molecule has 0 bridgehead atoms. The van der Waals surface area contributed by atoms with E-state index >= 15 is 0 Å². The summed E-state index contributed by atoms with van der Waals surface area (Å²) < 4.78 is 72.9. The zero-order chi connectivity index (χ0) is 29.5. The van der Waals surface area contributed by atoms with Gasteiger partial charge < -0.3 is 20.3 Å². The third-order valence-corrected chi connectivity index (χ3v) is 9.39. The van der Waals surface area contributed by atoms with Crippen LogP contribution in [0.15, 0.2) is 30.6 Å². The molecule has 5 rings (SSSR count). The topological polar surface area (TPSA) is 139 Å². The fourth-order valence-corrected chi connectivity index (χ4v) is 7.28. The van der Waals surface area contributed by atoms with Crippen LogP contribution in [0.5, 0.6) is 0 Å².